The highest BCUT2D eigenvalue weighted by Crippen LogP contribution is 2.33. The van der Waals surface area contributed by atoms with Crippen molar-refractivity contribution in [3.05, 3.63) is 77.4 Å². The van der Waals surface area contributed by atoms with E-state index in [0.29, 0.717) is 37.5 Å². The van der Waals surface area contributed by atoms with Gasteiger partial charge in [0.15, 0.2) is 5.69 Å². The fourth-order valence-corrected chi connectivity index (χ4v) is 4.83. The first-order valence-electron chi connectivity index (χ1n) is 12.7. The smallest absolute Gasteiger partial charge is 0.383 e. The summed E-state index contributed by atoms with van der Waals surface area (Å²) in [5, 5.41) is 13.2. The van der Waals surface area contributed by atoms with Crippen LogP contribution in [0.25, 0.3) is 17.3 Å². The molecule has 1 aliphatic rings. The number of nitrogens with zero attached hydrogens (tertiary/aromatic N) is 5. The summed E-state index contributed by atoms with van der Waals surface area (Å²) in [6.07, 6.45) is -4.79. The third-order valence-electron chi connectivity index (χ3n) is 6.86. The average Bonchev–Trinajstić information content (AvgIpc) is 3.67. The van der Waals surface area contributed by atoms with E-state index in [1.54, 1.807) is 56.5 Å². The number of hydrogen-bond donors (Lipinski definition) is 2. The van der Waals surface area contributed by atoms with Crippen molar-refractivity contribution in [2.45, 2.75) is 25.1 Å². The van der Waals surface area contributed by atoms with Crippen LogP contribution >= 0.6 is 0 Å². The number of nitrogens with one attached hydrogen (secondary N) is 2. The first-order valence-corrected chi connectivity index (χ1v) is 12.7. The summed E-state index contributed by atoms with van der Waals surface area (Å²) in [6, 6.07) is 14.0. The second-order valence-electron chi connectivity index (χ2n) is 9.61. The third-order valence-corrected chi connectivity index (χ3v) is 6.86. The Hall–Kier alpha value is -4.30. The molecule has 10 nitrogen and oxygen atoms in total. The number of amides is 2. The minimum absolute atomic E-state index is 0.0112. The molecule has 41 heavy (non-hydrogen) atoms. The standard InChI is InChI=1S/C27H27F4N7O3/c1-16-22(24-34-25(36-41-24)27(29,30)31)35-38(19-6-4-3-5-7-19)23(16)33-26(39)32-21-15-37(12-13-40-2)14-20(21)17-8-10-18(28)11-9-17/h3-11,20-21H,12-15H2,1-2H3,(H2,32,33,39)/t20-,21+/m0/s1. The van der Waals surface area contributed by atoms with Gasteiger partial charge in [-0.25, -0.2) is 13.9 Å². The van der Waals surface area contributed by atoms with Gasteiger partial charge in [-0.05, 0) is 36.8 Å². The van der Waals surface area contributed by atoms with Crippen molar-refractivity contribution in [1.82, 2.24) is 30.1 Å². The molecule has 2 atom stereocenters. The Labute approximate surface area is 232 Å². The molecule has 2 aromatic carbocycles. The molecule has 5 rings (SSSR count). The van der Waals surface area contributed by atoms with E-state index >= 15 is 0 Å². The fourth-order valence-electron chi connectivity index (χ4n) is 4.83. The van der Waals surface area contributed by atoms with Gasteiger partial charge in [0.25, 0.3) is 11.7 Å². The first-order chi connectivity index (χ1) is 19.6. The summed E-state index contributed by atoms with van der Waals surface area (Å²) < 4.78 is 64.3. The summed E-state index contributed by atoms with van der Waals surface area (Å²) in [5.41, 5.74) is 1.73. The highest BCUT2D eigenvalue weighted by molar-refractivity contribution is 5.91. The van der Waals surface area contributed by atoms with Crippen molar-refractivity contribution in [2.75, 3.05) is 38.7 Å². The maximum atomic E-state index is 13.6. The number of para-hydroxylation sites is 1. The maximum absolute atomic E-state index is 13.6. The number of alkyl halides is 3. The quantitative estimate of drug-likeness (QED) is 0.296. The van der Waals surface area contributed by atoms with Crippen molar-refractivity contribution in [3.8, 4) is 17.3 Å². The lowest BCUT2D eigenvalue weighted by Gasteiger charge is -2.21. The summed E-state index contributed by atoms with van der Waals surface area (Å²) >= 11 is 0. The van der Waals surface area contributed by atoms with Gasteiger partial charge in [0, 0.05) is 38.2 Å². The highest BCUT2D eigenvalue weighted by Gasteiger charge is 2.38. The Bertz CT molecular complexity index is 1490. The van der Waals surface area contributed by atoms with E-state index in [9.17, 15) is 22.4 Å². The van der Waals surface area contributed by atoms with Crippen LogP contribution in [0.1, 0.15) is 22.9 Å². The van der Waals surface area contributed by atoms with Gasteiger partial charge in [0.1, 0.15) is 11.6 Å². The van der Waals surface area contributed by atoms with Crippen LogP contribution in [-0.4, -0.2) is 70.2 Å². The zero-order valence-corrected chi connectivity index (χ0v) is 22.2. The number of carbonyl (C=O) groups excluding carboxylic acids is 1. The van der Waals surface area contributed by atoms with E-state index in [2.05, 4.69) is 30.8 Å². The molecule has 0 spiro atoms. The number of ether oxygens (including phenoxy) is 1. The molecule has 2 amide bonds. The molecule has 4 aromatic rings. The Kier molecular flexibility index (Phi) is 8.03. The van der Waals surface area contributed by atoms with E-state index in [4.69, 9.17) is 9.26 Å². The molecule has 1 aliphatic heterocycles. The number of hydrogen-bond acceptors (Lipinski definition) is 7. The first kappa shape index (κ1) is 28.2. The Balaban J connectivity index is 1.42. The molecule has 14 heteroatoms. The summed E-state index contributed by atoms with van der Waals surface area (Å²) in [4.78, 5) is 19.0. The van der Waals surface area contributed by atoms with E-state index < -0.39 is 23.9 Å². The number of urea groups is 1. The van der Waals surface area contributed by atoms with Crippen molar-refractivity contribution < 1.29 is 31.6 Å². The second kappa shape index (κ2) is 11.7. The van der Waals surface area contributed by atoms with Crippen LogP contribution in [-0.2, 0) is 10.9 Å². The SMILES string of the molecule is COCCN1C[C@@H](NC(=O)Nc2c(C)c(-c3nc(C(F)(F)F)no3)nn2-c2ccccc2)[C@H](c2ccc(F)cc2)C1. The van der Waals surface area contributed by atoms with E-state index in [1.807, 2.05) is 0 Å². The molecule has 0 bridgehead atoms. The number of likely N-dealkylation sites (tertiary alicyclic amines) is 1. The van der Waals surface area contributed by atoms with Gasteiger partial charge in [-0.15, -0.1) is 0 Å². The molecule has 2 N–H and O–H groups in total. The predicted octanol–water partition coefficient (Wildman–Crippen LogP) is 4.62. The summed E-state index contributed by atoms with van der Waals surface area (Å²) in [7, 11) is 1.61. The van der Waals surface area contributed by atoms with Gasteiger partial charge in [-0.2, -0.15) is 23.3 Å². The molecule has 216 valence electrons. The minimum atomic E-state index is -4.79. The van der Waals surface area contributed by atoms with Crippen LogP contribution in [0, 0.1) is 12.7 Å². The molecule has 1 fully saturated rings. The van der Waals surface area contributed by atoms with Crippen molar-refractivity contribution in [1.29, 1.82) is 0 Å². The van der Waals surface area contributed by atoms with Crippen LogP contribution in [0.15, 0.2) is 59.1 Å². The maximum Gasteiger partial charge on any atom is 0.455 e. The minimum Gasteiger partial charge on any atom is -0.383 e. The molecule has 3 heterocycles. The van der Waals surface area contributed by atoms with Crippen LogP contribution < -0.4 is 10.6 Å². The Morgan fingerprint density at radius 1 is 1.12 bits per heavy atom. The topological polar surface area (TPSA) is 110 Å². The second-order valence-corrected chi connectivity index (χ2v) is 9.61. The lowest BCUT2D eigenvalue weighted by Crippen LogP contribution is -2.42. The average molecular weight is 574 g/mol. The molecule has 0 saturated carbocycles. The summed E-state index contributed by atoms with van der Waals surface area (Å²) in [5.74, 6) is -2.13. The Morgan fingerprint density at radius 3 is 2.51 bits per heavy atom. The zero-order chi connectivity index (χ0) is 29.1. The van der Waals surface area contributed by atoms with Crippen molar-refractivity contribution >= 4 is 11.8 Å². The number of halogens is 4. The number of carbonyl (C=O) groups is 1. The number of rotatable bonds is 8. The van der Waals surface area contributed by atoms with Gasteiger partial charge in [0.05, 0.1) is 18.3 Å². The normalized spacial score (nSPS) is 17.6. The van der Waals surface area contributed by atoms with Crippen LogP contribution in [0.2, 0.25) is 0 Å². The summed E-state index contributed by atoms with van der Waals surface area (Å²) in [6.45, 7) is 3.91. The lowest BCUT2D eigenvalue weighted by atomic mass is 9.94. The lowest BCUT2D eigenvalue weighted by molar-refractivity contribution is -0.146. The van der Waals surface area contributed by atoms with E-state index in [1.165, 1.54) is 16.8 Å². The van der Waals surface area contributed by atoms with E-state index in [0.717, 1.165) is 5.56 Å². The number of anilines is 1. The third kappa shape index (κ3) is 6.23. The molecular weight excluding hydrogens is 546 g/mol. The van der Waals surface area contributed by atoms with Crippen molar-refractivity contribution in [2.24, 2.45) is 0 Å². The monoisotopic (exact) mass is 573 g/mol. The molecule has 2 aromatic heterocycles. The van der Waals surface area contributed by atoms with Crippen LogP contribution in [0.4, 0.5) is 28.2 Å². The largest absolute Gasteiger partial charge is 0.455 e. The zero-order valence-electron chi connectivity index (χ0n) is 22.2. The Morgan fingerprint density at radius 2 is 1.85 bits per heavy atom. The molecule has 0 unspecified atom stereocenters. The van der Waals surface area contributed by atoms with E-state index in [-0.39, 0.29) is 29.3 Å². The number of methoxy groups -OCH3 is 1. The highest BCUT2D eigenvalue weighted by atomic mass is 19.4. The number of benzene rings is 2. The fraction of sp³-hybridized carbons (Fsp3) is 0.333. The van der Waals surface area contributed by atoms with Crippen LogP contribution in [0.3, 0.4) is 0 Å². The predicted molar refractivity (Wildman–Crippen MR) is 140 cm³/mol. The van der Waals surface area contributed by atoms with Crippen molar-refractivity contribution in [3.63, 3.8) is 0 Å². The van der Waals surface area contributed by atoms with Crippen LogP contribution in [0.5, 0.6) is 0 Å². The number of aromatic nitrogens is 4. The van der Waals surface area contributed by atoms with Gasteiger partial charge in [-0.1, -0.05) is 35.5 Å². The van der Waals surface area contributed by atoms with Gasteiger partial charge in [-0.3, -0.25) is 10.2 Å². The molecule has 0 radical (unpaired) electrons. The van der Waals surface area contributed by atoms with Gasteiger partial charge >= 0.3 is 12.2 Å². The van der Waals surface area contributed by atoms with Gasteiger partial charge in [0.2, 0.25) is 0 Å². The molecular formula is C27H27F4N7O3. The molecule has 0 aliphatic carbocycles. The van der Waals surface area contributed by atoms with Gasteiger partial charge < -0.3 is 14.6 Å². The molecule has 1 saturated heterocycles.